The summed E-state index contributed by atoms with van der Waals surface area (Å²) in [4.78, 5) is 0. The molecule has 16 heavy (non-hydrogen) atoms. The van der Waals surface area contributed by atoms with Gasteiger partial charge in [0.15, 0.2) is 0 Å². The predicted octanol–water partition coefficient (Wildman–Crippen LogP) is 4.72. The molecule has 1 unspecified atom stereocenters. The number of benzene rings is 1. The van der Waals surface area contributed by atoms with E-state index in [1.54, 1.807) is 7.11 Å². The first-order valence-electron chi connectivity index (χ1n) is 5.92. The maximum Gasteiger partial charge on any atom is 0.119 e. The molecule has 0 spiro atoms. The topological polar surface area (TPSA) is 9.23 Å². The van der Waals surface area contributed by atoms with Gasteiger partial charge in [-0.1, -0.05) is 32.8 Å². The molecule has 0 aliphatic rings. The first-order valence-corrected chi connectivity index (χ1v) is 6.36. The summed E-state index contributed by atoms with van der Waals surface area (Å²) in [6, 6.07) is 6.12. The highest BCUT2D eigenvalue weighted by Crippen LogP contribution is 2.36. The standard InChI is InChI=1S/C14H21ClO/c1-5-11(6-2)14(15)13-8-7-12(16-4)9-10(13)3/h7-9,11,14H,5-6H2,1-4H3. The van der Waals surface area contributed by atoms with Crippen molar-refractivity contribution < 1.29 is 4.74 Å². The zero-order valence-corrected chi connectivity index (χ0v) is 11.3. The van der Waals surface area contributed by atoms with Gasteiger partial charge in [0.2, 0.25) is 0 Å². The number of rotatable bonds is 5. The van der Waals surface area contributed by atoms with Gasteiger partial charge in [-0.15, -0.1) is 11.6 Å². The van der Waals surface area contributed by atoms with E-state index in [-0.39, 0.29) is 5.38 Å². The van der Waals surface area contributed by atoms with Crippen LogP contribution >= 0.6 is 11.6 Å². The molecule has 0 fully saturated rings. The molecule has 0 heterocycles. The molecule has 1 nitrogen and oxygen atoms in total. The summed E-state index contributed by atoms with van der Waals surface area (Å²) in [6.45, 7) is 6.49. The van der Waals surface area contributed by atoms with Crippen molar-refractivity contribution in [3.8, 4) is 5.75 Å². The third-order valence-corrected chi connectivity index (χ3v) is 3.83. The Kier molecular flexibility index (Phi) is 5.14. The van der Waals surface area contributed by atoms with Crippen LogP contribution in [0.25, 0.3) is 0 Å². The molecule has 1 aromatic carbocycles. The minimum Gasteiger partial charge on any atom is -0.497 e. The quantitative estimate of drug-likeness (QED) is 0.677. The number of alkyl halides is 1. The Morgan fingerprint density at radius 2 is 1.88 bits per heavy atom. The molecule has 1 rings (SSSR count). The molecule has 0 bridgehead atoms. The fourth-order valence-corrected chi connectivity index (χ4v) is 2.64. The van der Waals surface area contributed by atoms with Crippen LogP contribution in [0.1, 0.15) is 43.2 Å². The summed E-state index contributed by atoms with van der Waals surface area (Å²) in [6.07, 6.45) is 2.24. The highest BCUT2D eigenvalue weighted by molar-refractivity contribution is 6.21. The van der Waals surface area contributed by atoms with Gasteiger partial charge in [-0.05, 0) is 36.1 Å². The van der Waals surface area contributed by atoms with Crippen LogP contribution in [0.15, 0.2) is 18.2 Å². The van der Waals surface area contributed by atoms with E-state index in [0.717, 1.165) is 18.6 Å². The SMILES string of the molecule is CCC(CC)C(Cl)c1ccc(OC)cc1C. The van der Waals surface area contributed by atoms with Crippen molar-refractivity contribution in [2.75, 3.05) is 7.11 Å². The number of halogens is 1. The second-order valence-electron chi connectivity index (χ2n) is 4.20. The van der Waals surface area contributed by atoms with Gasteiger partial charge in [0, 0.05) is 0 Å². The third kappa shape index (κ3) is 2.91. The van der Waals surface area contributed by atoms with Crippen LogP contribution in [-0.4, -0.2) is 7.11 Å². The number of aryl methyl sites for hydroxylation is 1. The van der Waals surface area contributed by atoms with Crippen LogP contribution in [0, 0.1) is 12.8 Å². The van der Waals surface area contributed by atoms with E-state index in [0.29, 0.717) is 5.92 Å². The van der Waals surface area contributed by atoms with E-state index in [1.165, 1.54) is 11.1 Å². The lowest BCUT2D eigenvalue weighted by Gasteiger charge is -2.21. The average Bonchev–Trinajstić information content (AvgIpc) is 2.30. The predicted molar refractivity (Wildman–Crippen MR) is 70.4 cm³/mol. The second-order valence-corrected chi connectivity index (χ2v) is 4.67. The summed E-state index contributed by atoms with van der Waals surface area (Å²) >= 11 is 6.53. The zero-order chi connectivity index (χ0) is 12.1. The fraction of sp³-hybridized carbons (Fsp3) is 0.571. The highest BCUT2D eigenvalue weighted by atomic mass is 35.5. The monoisotopic (exact) mass is 240 g/mol. The summed E-state index contributed by atoms with van der Waals surface area (Å²) < 4.78 is 5.20. The largest absolute Gasteiger partial charge is 0.497 e. The first kappa shape index (κ1) is 13.4. The molecule has 0 saturated carbocycles. The van der Waals surface area contributed by atoms with Crippen LogP contribution in [0.4, 0.5) is 0 Å². The zero-order valence-electron chi connectivity index (χ0n) is 10.6. The van der Waals surface area contributed by atoms with Crippen LogP contribution in [0.3, 0.4) is 0 Å². The third-order valence-electron chi connectivity index (χ3n) is 3.24. The van der Waals surface area contributed by atoms with E-state index in [4.69, 9.17) is 16.3 Å². The Labute approximate surface area is 104 Å². The number of hydrogen-bond acceptors (Lipinski definition) is 1. The summed E-state index contributed by atoms with van der Waals surface area (Å²) in [5.74, 6) is 1.45. The van der Waals surface area contributed by atoms with Crippen molar-refractivity contribution in [2.24, 2.45) is 5.92 Å². The number of hydrogen-bond donors (Lipinski definition) is 0. The van der Waals surface area contributed by atoms with Crippen LogP contribution in [-0.2, 0) is 0 Å². The maximum atomic E-state index is 6.53. The van der Waals surface area contributed by atoms with Crippen molar-refractivity contribution in [2.45, 2.75) is 39.0 Å². The second kappa shape index (κ2) is 6.15. The van der Waals surface area contributed by atoms with Crippen LogP contribution < -0.4 is 4.74 Å². The van der Waals surface area contributed by atoms with E-state index in [9.17, 15) is 0 Å². The van der Waals surface area contributed by atoms with Gasteiger partial charge in [0.25, 0.3) is 0 Å². The molecule has 1 atom stereocenters. The smallest absolute Gasteiger partial charge is 0.119 e. The van der Waals surface area contributed by atoms with Gasteiger partial charge in [-0.25, -0.2) is 0 Å². The lowest BCUT2D eigenvalue weighted by Crippen LogP contribution is -2.07. The van der Waals surface area contributed by atoms with Crippen LogP contribution in [0.2, 0.25) is 0 Å². The van der Waals surface area contributed by atoms with E-state index >= 15 is 0 Å². The molecule has 0 aliphatic heterocycles. The van der Waals surface area contributed by atoms with Crippen molar-refractivity contribution in [1.82, 2.24) is 0 Å². The van der Waals surface area contributed by atoms with Gasteiger partial charge in [0.05, 0.1) is 12.5 Å². The molecular formula is C14H21ClO. The molecule has 0 saturated heterocycles. The molecular weight excluding hydrogens is 220 g/mol. The maximum absolute atomic E-state index is 6.53. The minimum absolute atomic E-state index is 0.112. The van der Waals surface area contributed by atoms with Crippen molar-refractivity contribution in [1.29, 1.82) is 0 Å². The van der Waals surface area contributed by atoms with Crippen LogP contribution in [0.5, 0.6) is 5.75 Å². The molecule has 0 N–H and O–H groups in total. The van der Waals surface area contributed by atoms with Crippen molar-refractivity contribution in [3.05, 3.63) is 29.3 Å². The van der Waals surface area contributed by atoms with Gasteiger partial charge in [0.1, 0.15) is 5.75 Å². The summed E-state index contributed by atoms with van der Waals surface area (Å²) in [5.41, 5.74) is 2.45. The van der Waals surface area contributed by atoms with E-state index in [2.05, 4.69) is 26.8 Å². The molecule has 0 amide bonds. The Balaban J connectivity index is 2.95. The Bertz CT molecular complexity index is 332. The first-order chi connectivity index (χ1) is 7.63. The average molecular weight is 241 g/mol. The molecule has 0 radical (unpaired) electrons. The van der Waals surface area contributed by atoms with Gasteiger partial charge < -0.3 is 4.74 Å². The van der Waals surface area contributed by atoms with Gasteiger partial charge in [-0.3, -0.25) is 0 Å². The normalized spacial score (nSPS) is 12.9. The van der Waals surface area contributed by atoms with Gasteiger partial charge >= 0.3 is 0 Å². The Morgan fingerprint density at radius 1 is 1.25 bits per heavy atom. The van der Waals surface area contributed by atoms with Gasteiger partial charge in [-0.2, -0.15) is 0 Å². The highest BCUT2D eigenvalue weighted by Gasteiger charge is 2.19. The summed E-state index contributed by atoms with van der Waals surface area (Å²) in [5, 5.41) is 0.112. The van der Waals surface area contributed by atoms with E-state index < -0.39 is 0 Å². The summed E-state index contributed by atoms with van der Waals surface area (Å²) in [7, 11) is 1.69. The lowest BCUT2D eigenvalue weighted by molar-refractivity contribution is 0.413. The lowest BCUT2D eigenvalue weighted by atomic mass is 9.91. The molecule has 1 aromatic rings. The number of methoxy groups -OCH3 is 1. The molecule has 2 heteroatoms. The van der Waals surface area contributed by atoms with E-state index in [1.807, 2.05) is 12.1 Å². The molecule has 0 aliphatic carbocycles. The molecule has 0 aromatic heterocycles. The molecule has 90 valence electrons. The van der Waals surface area contributed by atoms with Crippen molar-refractivity contribution in [3.63, 3.8) is 0 Å². The minimum atomic E-state index is 0.112. The fourth-order valence-electron chi connectivity index (χ4n) is 2.04. The van der Waals surface area contributed by atoms with Crippen molar-refractivity contribution >= 4 is 11.6 Å². The number of ether oxygens (including phenoxy) is 1. The Hall–Kier alpha value is -0.690. The Morgan fingerprint density at radius 3 is 2.31 bits per heavy atom.